The van der Waals surface area contributed by atoms with E-state index in [2.05, 4.69) is 29.2 Å². The normalized spacial score (nSPS) is 18.7. The Hall–Kier alpha value is -1.39. The molecule has 0 spiro atoms. The molecular formula is C16H24N2O2. The highest BCUT2D eigenvalue weighted by molar-refractivity contribution is 5.77. The van der Waals surface area contributed by atoms with Crippen LogP contribution in [0.1, 0.15) is 25.3 Å². The molecule has 0 amide bonds. The van der Waals surface area contributed by atoms with Gasteiger partial charge in [0.25, 0.3) is 0 Å². The zero-order chi connectivity index (χ0) is 14.4. The van der Waals surface area contributed by atoms with Crippen LogP contribution >= 0.6 is 0 Å². The summed E-state index contributed by atoms with van der Waals surface area (Å²) in [6.45, 7) is 5.37. The van der Waals surface area contributed by atoms with Crippen molar-refractivity contribution in [3.8, 4) is 0 Å². The summed E-state index contributed by atoms with van der Waals surface area (Å²) in [6.07, 6.45) is 1.57. The third-order valence-electron chi connectivity index (χ3n) is 4.16. The first-order valence-electron chi connectivity index (χ1n) is 7.34. The van der Waals surface area contributed by atoms with E-state index in [0.29, 0.717) is 13.2 Å². The maximum Gasteiger partial charge on any atom is 0.313 e. The lowest BCUT2D eigenvalue weighted by atomic mass is 9.78. The summed E-state index contributed by atoms with van der Waals surface area (Å²) in [5, 5.41) is 0. The maximum absolute atomic E-state index is 12.1. The van der Waals surface area contributed by atoms with E-state index in [1.807, 2.05) is 13.0 Å². The largest absolute Gasteiger partial charge is 0.466 e. The number of esters is 1. The minimum absolute atomic E-state index is 0.123. The summed E-state index contributed by atoms with van der Waals surface area (Å²) in [5.41, 5.74) is 6.69. The summed E-state index contributed by atoms with van der Waals surface area (Å²) in [4.78, 5) is 14.5. The number of likely N-dealkylation sites (tertiary alicyclic amines) is 1. The van der Waals surface area contributed by atoms with Gasteiger partial charge in [0, 0.05) is 13.1 Å². The number of rotatable bonds is 5. The summed E-state index contributed by atoms with van der Waals surface area (Å²) < 4.78 is 5.19. The summed E-state index contributed by atoms with van der Waals surface area (Å²) in [6, 6.07) is 10.4. The van der Waals surface area contributed by atoms with E-state index in [1.54, 1.807) is 0 Å². The number of benzene rings is 1. The quantitative estimate of drug-likeness (QED) is 0.833. The number of hydrogen-bond acceptors (Lipinski definition) is 4. The van der Waals surface area contributed by atoms with Crippen molar-refractivity contribution in [2.24, 2.45) is 11.1 Å². The zero-order valence-electron chi connectivity index (χ0n) is 12.2. The monoisotopic (exact) mass is 276 g/mol. The summed E-state index contributed by atoms with van der Waals surface area (Å²) in [5.74, 6) is -0.123. The zero-order valence-corrected chi connectivity index (χ0v) is 12.2. The molecular weight excluding hydrogens is 252 g/mol. The molecule has 0 bridgehead atoms. The molecule has 110 valence electrons. The molecule has 2 N–H and O–H groups in total. The Kier molecular flexibility index (Phi) is 5.15. The average molecular weight is 276 g/mol. The van der Waals surface area contributed by atoms with E-state index >= 15 is 0 Å². The van der Waals surface area contributed by atoms with Gasteiger partial charge in [0.1, 0.15) is 0 Å². The molecule has 1 heterocycles. The minimum Gasteiger partial charge on any atom is -0.466 e. The molecule has 1 aliphatic rings. The van der Waals surface area contributed by atoms with Crippen LogP contribution in [-0.4, -0.2) is 37.1 Å². The predicted octanol–water partition coefficient (Wildman–Crippen LogP) is 1.79. The molecule has 4 nitrogen and oxygen atoms in total. The first kappa shape index (κ1) is 15.0. The van der Waals surface area contributed by atoms with Crippen molar-refractivity contribution in [2.75, 3.05) is 26.2 Å². The van der Waals surface area contributed by atoms with Gasteiger partial charge in [0.2, 0.25) is 0 Å². The van der Waals surface area contributed by atoms with Crippen LogP contribution in [0.5, 0.6) is 0 Å². The Labute approximate surface area is 120 Å². The van der Waals surface area contributed by atoms with E-state index in [1.165, 1.54) is 5.56 Å². The van der Waals surface area contributed by atoms with Crippen LogP contribution in [0.4, 0.5) is 0 Å². The van der Waals surface area contributed by atoms with Gasteiger partial charge in [-0.3, -0.25) is 9.69 Å². The van der Waals surface area contributed by atoms with Crippen LogP contribution in [0.3, 0.4) is 0 Å². The van der Waals surface area contributed by atoms with Gasteiger partial charge in [-0.2, -0.15) is 0 Å². The van der Waals surface area contributed by atoms with E-state index < -0.39 is 5.41 Å². The van der Waals surface area contributed by atoms with Gasteiger partial charge in [-0.1, -0.05) is 30.3 Å². The summed E-state index contributed by atoms with van der Waals surface area (Å²) in [7, 11) is 0. The first-order chi connectivity index (χ1) is 9.70. The van der Waals surface area contributed by atoms with E-state index in [4.69, 9.17) is 10.5 Å². The number of nitrogens with zero attached hydrogens (tertiary/aromatic N) is 1. The third kappa shape index (κ3) is 3.38. The van der Waals surface area contributed by atoms with Gasteiger partial charge in [-0.05, 0) is 38.4 Å². The number of piperidine rings is 1. The second-order valence-electron chi connectivity index (χ2n) is 5.47. The van der Waals surface area contributed by atoms with Crippen molar-refractivity contribution in [3.05, 3.63) is 35.9 Å². The van der Waals surface area contributed by atoms with Crippen LogP contribution in [0.15, 0.2) is 30.3 Å². The molecule has 0 aliphatic carbocycles. The molecule has 1 aliphatic heterocycles. The van der Waals surface area contributed by atoms with Gasteiger partial charge in [-0.25, -0.2) is 0 Å². The molecule has 20 heavy (non-hydrogen) atoms. The molecule has 0 radical (unpaired) electrons. The lowest BCUT2D eigenvalue weighted by molar-refractivity contribution is -0.158. The van der Waals surface area contributed by atoms with Crippen molar-refractivity contribution < 1.29 is 9.53 Å². The second kappa shape index (κ2) is 6.86. The first-order valence-corrected chi connectivity index (χ1v) is 7.34. The van der Waals surface area contributed by atoms with E-state index in [0.717, 1.165) is 32.5 Å². The number of ether oxygens (including phenoxy) is 1. The summed E-state index contributed by atoms with van der Waals surface area (Å²) >= 11 is 0. The fourth-order valence-electron chi connectivity index (χ4n) is 2.76. The van der Waals surface area contributed by atoms with Crippen molar-refractivity contribution >= 4 is 5.97 Å². The second-order valence-corrected chi connectivity index (χ2v) is 5.47. The van der Waals surface area contributed by atoms with Gasteiger partial charge < -0.3 is 10.5 Å². The Morgan fingerprint density at radius 1 is 1.30 bits per heavy atom. The molecule has 1 saturated heterocycles. The molecule has 4 heteroatoms. The molecule has 1 aromatic carbocycles. The van der Waals surface area contributed by atoms with Crippen LogP contribution in [0.2, 0.25) is 0 Å². The molecule has 0 saturated carbocycles. The molecule has 1 fully saturated rings. The van der Waals surface area contributed by atoms with Gasteiger partial charge in [-0.15, -0.1) is 0 Å². The number of nitrogens with two attached hydrogens (primary N) is 1. The molecule has 0 unspecified atom stereocenters. The smallest absolute Gasteiger partial charge is 0.313 e. The van der Waals surface area contributed by atoms with Gasteiger partial charge in [0.05, 0.1) is 12.0 Å². The van der Waals surface area contributed by atoms with Crippen LogP contribution < -0.4 is 5.73 Å². The molecule has 0 atom stereocenters. The van der Waals surface area contributed by atoms with Crippen molar-refractivity contribution in [1.82, 2.24) is 4.90 Å². The number of hydrogen-bond donors (Lipinski definition) is 1. The Morgan fingerprint density at radius 3 is 2.50 bits per heavy atom. The lowest BCUT2D eigenvalue weighted by Crippen LogP contribution is -2.48. The Bertz CT molecular complexity index is 425. The minimum atomic E-state index is -0.469. The molecule has 2 rings (SSSR count). The van der Waals surface area contributed by atoms with E-state index in [-0.39, 0.29) is 5.97 Å². The molecule has 0 aromatic heterocycles. The average Bonchev–Trinajstić information content (AvgIpc) is 2.49. The van der Waals surface area contributed by atoms with Gasteiger partial charge in [0.15, 0.2) is 0 Å². The Balaban J connectivity index is 1.92. The lowest BCUT2D eigenvalue weighted by Gasteiger charge is -2.39. The van der Waals surface area contributed by atoms with Crippen LogP contribution in [0, 0.1) is 5.41 Å². The third-order valence-corrected chi connectivity index (χ3v) is 4.16. The van der Waals surface area contributed by atoms with Crippen molar-refractivity contribution in [2.45, 2.75) is 26.3 Å². The number of carbonyl (C=O) groups excluding carboxylic acids is 1. The fraction of sp³-hybridized carbons (Fsp3) is 0.562. The van der Waals surface area contributed by atoms with Crippen LogP contribution in [0.25, 0.3) is 0 Å². The standard InChI is InChI=1S/C16H24N2O2/c1-2-20-15(19)16(13-17)8-10-18(11-9-16)12-14-6-4-3-5-7-14/h3-7H,2,8-13,17H2,1H3. The number of carbonyl (C=O) groups is 1. The predicted molar refractivity (Wildman–Crippen MR) is 79.1 cm³/mol. The van der Waals surface area contributed by atoms with Crippen LogP contribution in [-0.2, 0) is 16.1 Å². The molecule has 1 aromatic rings. The van der Waals surface area contributed by atoms with Gasteiger partial charge >= 0.3 is 5.97 Å². The van der Waals surface area contributed by atoms with Crippen molar-refractivity contribution in [3.63, 3.8) is 0 Å². The SMILES string of the molecule is CCOC(=O)C1(CN)CCN(Cc2ccccc2)CC1. The van der Waals surface area contributed by atoms with Crippen molar-refractivity contribution in [1.29, 1.82) is 0 Å². The highest BCUT2D eigenvalue weighted by atomic mass is 16.5. The maximum atomic E-state index is 12.1. The van der Waals surface area contributed by atoms with E-state index in [9.17, 15) is 4.79 Å². The highest BCUT2D eigenvalue weighted by Crippen LogP contribution is 2.32. The topological polar surface area (TPSA) is 55.6 Å². The highest BCUT2D eigenvalue weighted by Gasteiger charge is 2.41. The fourth-order valence-corrected chi connectivity index (χ4v) is 2.76. The Morgan fingerprint density at radius 2 is 1.95 bits per heavy atom.